The number of carbonyl (C=O) groups is 1. The van der Waals surface area contributed by atoms with Crippen molar-refractivity contribution in [2.45, 2.75) is 31.2 Å². The van der Waals surface area contributed by atoms with Crippen molar-refractivity contribution in [3.8, 4) is 0 Å². The van der Waals surface area contributed by atoms with Gasteiger partial charge in [-0.2, -0.15) is 0 Å². The monoisotopic (exact) mass is 299 g/mol. The van der Waals surface area contributed by atoms with E-state index in [4.69, 9.17) is 11.6 Å². The Morgan fingerprint density at radius 1 is 1.10 bits per heavy atom. The maximum absolute atomic E-state index is 12.7. The number of hydrogen-bond acceptors (Lipinski definition) is 1. The van der Waals surface area contributed by atoms with Gasteiger partial charge in [0, 0.05) is 5.02 Å². The Morgan fingerprint density at radius 2 is 1.71 bits per heavy atom. The maximum atomic E-state index is 12.7. The van der Waals surface area contributed by atoms with E-state index in [1.165, 1.54) is 0 Å². The van der Waals surface area contributed by atoms with Crippen LogP contribution in [-0.4, -0.2) is 5.91 Å². The molecule has 3 rings (SSSR count). The van der Waals surface area contributed by atoms with Crippen molar-refractivity contribution >= 4 is 17.5 Å². The molecule has 108 valence electrons. The van der Waals surface area contributed by atoms with E-state index in [-0.39, 0.29) is 17.4 Å². The highest BCUT2D eigenvalue weighted by molar-refractivity contribution is 6.31. The lowest BCUT2D eigenvalue weighted by Crippen LogP contribution is -2.36. The average molecular weight is 300 g/mol. The first-order chi connectivity index (χ1) is 10.1. The predicted molar refractivity (Wildman–Crippen MR) is 85.4 cm³/mol. The fraction of sp³-hybridized carbons (Fsp3) is 0.278. The number of halogens is 1. The molecule has 1 fully saturated rings. The van der Waals surface area contributed by atoms with Gasteiger partial charge < -0.3 is 5.32 Å². The van der Waals surface area contributed by atoms with Crippen molar-refractivity contribution in [2.75, 3.05) is 0 Å². The Bertz CT molecular complexity index is 649. The van der Waals surface area contributed by atoms with Crippen molar-refractivity contribution in [2.24, 2.45) is 0 Å². The molecule has 0 bridgehead atoms. The fourth-order valence-electron chi connectivity index (χ4n) is 2.77. The van der Waals surface area contributed by atoms with Crippen LogP contribution < -0.4 is 5.32 Å². The van der Waals surface area contributed by atoms with Crippen molar-refractivity contribution in [3.63, 3.8) is 0 Å². The Labute approximate surface area is 130 Å². The van der Waals surface area contributed by atoms with E-state index in [2.05, 4.69) is 5.32 Å². The molecule has 0 spiro atoms. The lowest BCUT2D eigenvalue weighted by molar-refractivity contribution is -0.124. The first-order valence-electron chi connectivity index (χ1n) is 7.24. The van der Waals surface area contributed by atoms with Crippen molar-refractivity contribution < 1.29 is 4.79 Å². The van der Waals surface area contributed by atoms with Gasteiger partial charge in [-0.25, -0.2) is 0 Å². The predicted octanol–water partition coefficient (Wildman–Crippen LogP) is 4.25. The molecule has 0 saturated heterocycles. The number of nitrogens with one attached hydrogen (secondary N) is 1. The number of benzene rings is 2. The van der Waals surface area contributed by atoms with Crippen molar-refractivity contribution in [3.05, 3.63) is 70.7 Å². The van der Waals surface area contributed by atoms with Gasteiger partial charge in [-0.3, -0.25) is 4.79 Å². The van der Waals surface area contributed by atoms with Gasteiger partial charge in [-0.05, 0) is 37.0 Å². The van der Waals surface area contributed by atoms with Gasteiger partial charge >= 0.3 is 0 Å². The lowest BCUT2D eigenvalue weighted by atomic mass is 9.94. The molecule has 0 heterocycles. The van der Waals surface area contributed by atoms with Crippen LogP contribution in [0.1, 0.15) is 36.9 Å². The summed E-state index contributed by atoms with van der Waals surface area (Å²) < 4.78 is 0. The summed E-state index contributed by atoms with van der Waals surface area (Å²) in [5.41, 5.74) is 1.72. The highest BCUT2D eigenvalue weighted by Crippen LogP contribution is 2.48. The quantitative estimate of drug-likeness (QED) is 0.898. The molecule has 1 unspecified atom stereocenters. The second kappa shape index (κ2) is 5.53. The largest absolute Gasteiger partial charge is 0.349 e. The minimum atomic E-state index is -0.337. The number of carbonyl (C=O) groups excluding carboxylic acids is 1. The molecule has 21 heavy (non-hydrogen) atoms. The molecule has 1 aliphatic carbocycles. The molecule has 0 radical (unpaired) electrons. The Kier molecular flexibility index (Phi) is 3.73. The fourth-order valence-corrected chi connectivity index (χ4v) is 3.07. The van der Waals surface area contributed by atoms with Crippen LogP contribution in [0.15, 0.2) is 54.6 Å². The van der Waals surface area contributed by atoms with Crippen LogP contribution in [0.2, 0.25) is 5.02 Å². The van der Waals surface area contributed by atoms with Gasteiger partial charge in [0.25, 0.3) is 0 Å². The third-order valence-corrected chi connectivity index (χ3v) is 4.57. The summed E-state index contributed by atoms with van der Waals surface area (Å²) in [6, 6.07) is 17.6. The number of amides is 1. The Balaban J connectivity index is 1.77. The molecule has 1 saturated carbocycles. The van der Waals surface area contributed by atoms with E-state index in [1.54, 1.807) is 0 Å². The first kappa shape index (κ1) is 14.2. The van der Waals surface area contributed by atoms with Gasteiger partial charge in [0.2, 0.25) is 5.91 Å². The first-order valence-corrected chi connectivity index (χ1v) is 7.62. The summed E-state index contributed by atoms with van der Waals surface area (Å²) in [6.45, 7) is 1.97. The topological polar surface area (TPSA) is 29.1 Å². The summed E-state index contributed by atoms with van der Waals surface area (Å²) >= 11 is 6.20. The minimum absolute atomic E-state index is 0.0904. The molecular weight excluding hydrogens is 282 g/mol. The maximum Gasteiger partial charge on any atom is 0.231 e. The normalized spacial score (nSPS) is 17.0. The van der Waals surface area contributed by atoms with E-state index >= 15 is 0 Å². The van der Waals surface area contributed by atoms with E-state index in [1.807, 2.05) is 61.5 Å². The zero-order valence-corrected chi connectivity index (χ0v) is 12.7. The third-order valence-electron chi connectivity index (χ3n) is 4.23. The molecule has 1 N–H and O–H groups in total. The molecule has 2 aromatic carbocycles. The minimum Gasteiger partial charge on any atom is -0.349 e. The Morgan fingerprint density at radius 3 is 2.33 bits per heavy atom. The summed E-state index contributed by atoms with van der Waals surface area (Å²) in [5.74, 6) is 0.0983. The van der Waals surface area contributed by atoms with Crippen molar-refractivity contribution in [1.82, 2.24) is 5.32 Å². The van der Waals surface area contributed by atoms with Gasteiger partial charge in [0.1, 0.15) is 0 Å². The molecule has 3 heteroatoms. The molecule has 1 aliphatic rings. The van der Waals surface area contributed by atoms with Gasteiger partial charge in [0.15, 0.2) is 0 Å². The Hall–Kier alpha value is -1.80. The van der Waals surface area contributed by atoms with Gasteiger partial charge in [-0.1, -0.05) is 60.1 Å². The summed E-state index contributed by atoms with van der Waals surface area (Å²) in [7, 11) is 0. The van der Waals surface area contributed by atoms with Crippen LogP contribution in [-0.2, 0) is 10.2 Å². The van der Waals surface area contributed by atoms with E-state index in [0.717, 1.165) is 24.0 Å². The SMILES string of the molecule is CC(NC(=O)C1(c2ccccc2)CC1)c1ccccc1Cl. The van der Waals surface area contributed by atoms with Crippen LogP contribution in [0, 0.1) is 0 Å². The van der Waals surface area contributed by atoms with Crippen LogP contribution in [0.3, 0.4) is 0 Å². The number of hydrogen-bond donors (Lipinski definition) is 1. The van der Waals surface area contributed by atoms with Crippen LogP contribution in [0.5, 0.6) is 0 Å². The average Bonchev–Trinajstić information content (AvgIpc) is 3.30. The standard InChI is InChI=1S/C18H18ClNO/c1-13(15-9-5-6-10-16(15)19)20-17(21)18(11-12-18)14-7-3-2-4-8-14/h2-10,13H,11-12H2,1H3,(H,20,21). The zero-order chi connectivity index (χ0) is 14.9. The molecule has 0 aliphatic heterocycles. The second-order valence-corrected chi connectivity index (χ2v) is 6.07. The summed E-state index contributed by atoms with van der Waals surface area (Å²) in [6.07, 6.45) is 1.83. The van der Waals surface area contributed by atoms with E-state index in [9.17, 15) is 4.79 Å². The van der Waals surface area contributed by atoms with Crippen LogP contribution >= 0.6 is 11.6 Å². The van der Waals surface area contributed by atoms with E-state index < -0.39 is 0 Å². The molecule has 0 aromatic heterocycles. The van der Waals surface area contributed by atoms with Gasteiger partial charge in [0.05, 0.1) is 11.5 Å². The van der Waals surface area contributed by atoms with E-state index in [0.29, 0.717) is 5.02 Å². The zero-order valence-electron chi connectivity index (χ0n) is 12.0. The number of rotatable bonds is 4. The molecule has 1 amide bonds. The smallest absolute Gasteiger partial charge is 0.231 e. The summed E-state index contributed by atoms with van der Waals surface area (Å²) in [4.78, 5) is 12.7. The molecule has 2 nitrogen and oxygen atoms in total. The van der Waals surface area contributed by atoms with Crippen LogP contribution in [0.4, 0.5) is 0 Å². The second-order valence-electron chi connectivity index (χ2n) is 5.66. The lowest BCUT2D eigenvalue weighted by Gasteiger charge is -2.21. The highest BCUT2D eigenvalue weighted by Gasteiger charge is 2.51. The van der Waals surface area contributed by atoms with Crippen LogP contribution in [0.25, 0.3) is 0 Å². The highest BCUT2D eigenvalue weighted by atomic mass is 35.5. The molecule has 2 aromatic rings. The summed E-state index contributed by atoms with van der Waals surface area (Å²) in [5, 5.41) is 3.80. The molecule has 1 atom stereocenters. The third kappa shape index (κ3) is 2.68. The van der Waals surface area contributed by atoms with Crippen molar-refractivity contribution in [1.29, 1.82) is 0 Å². The molecular formula is C18H18ClNO. The van der Waals surface area contributed by atoms with Gasteiger partial charge in [-0.15, -0.1) is 0 Å².